The van der Waals surface area contributed by atoms with Crippen LogP contribution < -0.4 is 5.32 Å². The number of carbonyl (C=O) groups is 2. The zero-order valence-electron chi connectivity index (χ0n) is 20.7. The summed E-state index contributed by atoms with van der Waals surface area (Å²) in [5, 5.41) is 2.46. The predicted octanol–water partition coefficient (Wildman–Crippen LogP) is 5.48. The van der Waals surface area contributed by atoms with Crippen molar-refractivity contribution in [1.82, 2.24) is 10.2 Å². The average Bonchev–Trinajstić information content (AvgIpc) is 3.73. The highest BCUT2D eigenvalue weighted by Crippen LogP contribution is 2.50. The van der Waals surface area contributed by atoms with Gasteiger partial charge in [-0.25, -0.2) is 12.8 Å². The van der Waals surface area contributed by atoms with Crippen molar-refractivity contribution >= 4 is 46.1 Å². The summed E-state index contributed by atoms with van der Waals surface area (Å²) >= 11 is 0. The minimum absolute atomic E-state index is 0. The molecule has 1 aliphatic heterocycles. The standard InChI is InChI=1S/C14H17NO3S.C12H11F4NO.HI.H2/c1-9-12-6-7-15(13(9)12)14(16)10-4-3-5-11(8-10)19(2,17)18;13-10-5-8(12(14,15)16)3-4-9(10)11(17-6-18)7-1-2-7;;/h3-5,8-9,12-13H,6-7H2,1-2H3;3-7,11H,1-2H2,(H,17,18);2*1H/t;11-;;/m.1../s1. The summed E-state index contributed by atoms with van der Waals surface area (Å²) in [4.78, 5) is 25.0. The Bertz CT molecular complexity index is 1310. The molecule has 0 bridgehead atoms. The smallest absolute Gasteiger partial charge is 0.351 e. The van der Waals surface area contributed by atoms with Crippen LogP contribution in [0.1, 0.15) is 55.1 Å². The van der Waals surface area contributed by atoms with E-state index in [1.807, 2.05) is 4.90 Å². The number of hydrogen-bond donors (Lipinski definition) is 1. The molecule has 5 rings (SSSR count). The zero-order chi connectivity index (χ0) is 27.1. The van der Waals surface area contributed by atoms with E-state index in [0.29, 0.717) is 35.9 Å². The molecule has 210 valence electrons. The maximum atomic E-state index is 13.7. The molecule has 2 saturated carbocycles. The fourth-order valence-corrected chi connectivity index (χ4v) is 5.78. The van der Waals surface area contributed by atoms with Crippen molar-refractivity contribution in [2.45, 2.75) is 49.3 Å². The van der Waals surface area contributed by atoms with E-state index in [1.165, 1.54) is 12.1 Å². The molecule has 2 aromatic carbocycles. The number of fused-ring (bicyclic) bond motifs is 1. The second-order valence-electron chi connectivity index (χ2n) is 9.93. The summed E-state index contributed by atoms with van der Waals surface area (Å²) in [5.74, 6) is 0.387. The second-order valence-corrected chi connectivity index (χ2v) is 12.0. The average molecular weight is 671 g/mol. The van der Waals surface area contributed by atoms with Gasteiger partial charge in [0.15, 0.2) is 9.84 Å². The van der Waals surface area contributed by atoms with Gasteiger partial charge in [-0.15, -0.1) is 24.0 Å². The van der Waals surface area contributed by atoms with Gasteiger partial charge in [-0.05, 0) is 67.3 Å². The first kappa shape index (κ1) is 30.3. The van der Waals surface area contributed by atoms with E-state index in [-0.39, 0.29) is 47.7 Å². The van der Waals surface area contributed by atoms with Crippen LogP contribution in [0.25, 0.3) is 0 Å². The quantitative estimate of drug-likeness (QED) is 0.251. The van der Waals surface area contributed by atoms with Gasteiger partial charge in [0.05, 0.1) is 16.5 Å². The third-order valence-corrected chi connectivity index (χ3v) is 8.46. The number of hydrogen-bond acceptors (Lipinski definition) is 4. The number of rotatable bonds is 6. The molecule has 1 saturated heterocycles. The van der Waals surface area contributed by atoms with Crippen molar-refractivity contribution in [2.24, 2.45) is 17.8 Å². The van der Waals surface area contributed by atoms with Crippen molar-refractivity contribution in [2.75, 3.05) is 12.8 Å². The van der Waals surface area contributed by atoms with E-state index in [0.717, 1.165) is 44.2 Å². The van der Waals surface area contributed by atoms with Gasteiger partial charge < -0.3 is 10.2 Å². The summed E-state index contributed by atoms with van der Waals surface area (Å²) in [5.41, 5.74) is -0.440. The molecule has 0 radical (unpaired) electrons. The zero-order valence-corrected chi connectivity index (χ0v) is 23.9. The molecule has 2 aliphatic carbocycles. The number of nitrogens with zero attached hydrogens (tertiary/aromatic N) is 1. The topological polar surface area (TPSA) is 83.6 Å². The van der Waals surface area contributed by atoms with E-state index in [9.17, 15) is 35.6 Å². The molecule has 1 N–H and O–H groups in total. The van der Waals surface area contributed by atoms with Crippen LogP contribution in [-0.4, -0.2) is 44.5 Å². The normalized spacial score (nSPS) is 22.8. The summed E-state index contributed by atoms with van der Waals surface area (Å²) in [7, 11) is -3.27. The number of nitrogens with one attached hydrogen (secondary N) is 1. The van der Waals surface area contributed by atoms with E-state index in [2.05, 4.69) is 12.2 Å². The molecule has 12 heteroatoms. The molecule has 38 heavy (non-hydrogen) atoms. The Balaban J connectivity index is 0.000000261. The van der Waals surface area contributed by atoms with Gasteiger partial charge >= 0.3 is 6.18 Å². The Hall–Kier alpha value is -2.22. The number of halogens is 5. The molecule has 2 aromatic rings. The maximum Gasteiger partial charge on any atom is 0.416 e. The van der Waals surface area contributed by atoms with E-state index >= 15 is 0 Å². The number of alkyl halides is 3. The van der Waals surface area contributed by atoms with Crippen molar-refractivity contribution in [3.05, 3.63) is 65.0 Å². The molecule has 6 nitrogen and oxygen atoms in total. The molecule has 3 unspecified atom stereocenters. The maximum absolute atomic E-state index is 13.7. The molecule has 4 atom stereocenters. The third-order valence-electron chi connectivity index (χ3n) is 7.35. The highest BCUT2D eigenvalue weighted by atomic mass is 127. The van der Waals surface area contributed by atoms with Gasteiger partial charge in [0, 0.05) is 31.4 Å². The highest BCUT2D eigenvalue weighted by Gasteiger charge is 2.55. The summed E-state index contributed by atoms with van der Waals surface area (Å²) in [6.07, 6.45) is -0.209. The number of sulfone groups is 1. The van der Waals surface area contributed by atoms with Crippen LogP contribution in [0.15, 0.2) is 47.4 Å². The van der Waals surface area contributed by atoms with Crippen LogP contribution in [-0.2, 0) is 20.8 Å². The summed E-state index contributed by atoms with van der Waals surface area (Å²) in [6, 6.07) is 8.57. The number of piperidine rings is 1. The minimum atomic E-state index is -4.56. The number of benzene rings is 2. The van der Waals surface area contributed by atoms with Crippen LogP contribution >= 0.6 is 24.0 Å². The van der Waals surface area contributed by atoms with Gasteiger partial charge in [0.25, 0.3) is 5.91 Å². The first-order valence-electron chi connectivity index (χ1n) is 12.0. The summed E-state index contributed by atoms with van der Waals surface area (Å²) < 4.78 is 73.9. The predicted molar refractivity (Wildman–Crippen MR) is 145 cm³/mol. The van der Waals surface area contributed by atoms with Crippen LogP contribution in [0.5, 0.6) is 0 Å². The lowest BCUT2D eigenvalue weighted by Gasteiger charge is -2.19. The van der Waals surface area contributed by atoms with Crippen LogP contribution in [0, 0.1) is 23.6 Å². The minimum Gasteiger partial charge on any atom is -0.351 e. The van der Waals surface area contributed by atoms with Gasteiger partial charge in [-0.1, -0.05) is 19.1 Å². The molecule has 0 aromatic heterocycles. The highest BCUT2D eigenvalue weighted by molar-refractivity contribution is 14.0. The SMILES string of the molecule is CC1C2CCN(C(=O)c3cccc(S(C)(=O)=O)c3)C12.I.O=CN[C@@H](c1ccc(C(F)(F)F)cc1F)C1CC1.[HH]. The first-order chi connectivity index (χ1) is 17.3. The number of carbonyl (C=O) groups excluding carboxylic acids is 2. The molecular formula is C26H31F4IN2O4S. The Morgan fingerprint density at radius 3 is 2.34 bits per heavy atom. The van der Waals surface area contributed by atoms with Gasteiger partial charge in [0.2, 0.25) is 6.41 Å². The second kappa shape index (κ2) is 11.5. The van der Waals surface area contributed by atoms with Crippen LogP contribution in [0.3, 0.4) is 0 Å². The molecule has 2 amide bonds. The Morgan fingerprint density at radius 1 is 1.16 bits per heavy atom. The molecular weight excluding hydrogens is 639 g/mol. The Morgan fingerprint density at radius 2 is 1.84 bits per heavy atom. The van der Waals surface area contributed by atoms with Gasteiger partial charge in [0.1, 0.15) is 5.82 Å². The number of likely N-dealkylation sites (tertiary alicyclic amines) is 1. The molecule has 0 spiro atoms. The van der Waals surface area contributed by atoms with Crippen molar-refractivity contribution in [3.63, 3.8) is 0 Å². The van der Waals surface area contributed by atoms with Crippen molar-refractivity contribution in [1.29, 1.82) is 0 Å². The first-order valence-corrected chi connectivity index (χ1v) is 13.9. The van der Waals surface area contributed by atoms with E-state index in [4.69, 9.17) is 0 Å². The largest absolute Gasteiger partial charge is 0.416 e. The lowest BCUT2D eigenvalue weighted by molar-refractivity contribution is -0.137. The van der Waals surface area contributed by atoms with E-state index in [1.54, 1.807) is 12.1 Å². The fraction of sp³-hybridized carbons (Fsp3) is 0.462. The van der Waals surface area contributed by atoms with Gasteiger partial charge in [-0.3, -0.25) is 9.59 Å². The lowest BCUT2D eigenvalue weighted by atomic mass is 10.00. The summed E-state index contributed by atoms with van der Waals surface area (Å²) in [6.45, 7) is 2.96. The Kier molecular flexibility index (Phi) is 9.17. The third kappa shape index (κ3) is 6.67. The number of amides is 2. The molecule has 1 heterocycles. The van der Waals surface area contributed by atoms with Crippen molar-refractivity contribution < 1.29 is 37.0 Å². The monoisotopic (exact) mass is 670 g/mol. The fourth-order valence-electron chi connectivity index (χ4n) is 5.11. The van der Waals surface area contributed by atoms with Crippen LogP contribution in [0.2, 0.25) is 0 Å². The lowest BCUT2D eigenvalue weighted by Crippen LogP contribution is -2.32. The molecule has 3 fully saturated rings. The van der Waals surface area contributed by atoms with Crippen LogP contribution in [0.4, 0.5) is 17.6 Å². The Labute approximate surface area is 237 Å². The molecule has 3 aliphatic rings. The van der Waals surface area contributed by atoms with Gasteiger partial charge in [-0.2, -0.15) is 13.2 Å². The van der Waals surface area contributed by atoms with E-state index < -0.39 is 33.4 Å². The van der Waals surface area contributed by atoms with Crippen molar-refractivity contribution in [3.8, 4) is 0 Å².